The van der Waals surface area contributed by atoms with Crippen molar-refractivity contribution < 1.29 is 5.11 Å². The highest BCUT2D eigenvalue weighted by Gasteiger charge is 2.52. The second-order valence-corrected chi connectivity index (χ2v) is 14.0. The number of aromatic amines is 1. The van der Waals surface area contributed by atoms with E-state index >= 15 is 0 Å². The summed E-state index contributed by atoms with van der Waals surface area (Å²) in [6.45, 7) is 10.5. The molecular weight excluding hydrogens is 550 g/mol. The van der Waals surface area contributed by atoms with Crippen molar-refractivity contribution in [2.24, 2.45) is 5.41 Å². The summed E-state index contributed by atoms with van der Waals surface area (Å²) in [6.07, 6.45) is 10.2. The first-order valence-electron chi connectivity index (χ1n) is 16.5. The Labute approximate surface area is 257 Å². The number of piperidine rings is 1. The van der Waals surface area contributed by atoms with Gasteiger partial charge in [-0.3, -0.25) is 9.80 Å². The lowest BCUT2D eigenvalue weighted by molar-refractivity contribution is -0.0902. The van der Waals surface area contributed by atoms with Crippen LogP contribution in [0.15, 0.2) is 42.7 Å². The van der Waals surface area contributed by atoms with Crippen LogP contribution in [0, 0.1) is 5.41 Å². The molecule has 3 aromatic heterocycles. The van der Waals surface area contributed by atoms with Gasteiger partial charge in [0.1, 0.15) is 5.75 Å². The van der Waals surface area contributed by atoms with Crippen LogP contribution in [-0.2, 0) is 6.42 Å². The number of phenols is 1. The summed E-state index contributed by atoms with van der Waals surface area (Å²) in [6, 6.07) is 11.0. The maximum Gasteiger partial charge on any atom is 0.225 e. The lowest BCUT2D eigenvalue weighted by Gasteiger charge is -2.61. The van der Waals surface area contributed by atoms with Crippen LogP contribution >= 0.6 is 0 Å². The molecule has 7 heterocycles. The molecule has 4 aromatic rings. The zero-order valence-electron chi connectivity index (χ0n) is 25.4. The lowest BCUT2D eigenvalue weighted by Crippen LogP contribution is -2.70. The van der Waals surface area contributed by atoms with Crippen molar-refractivity contribution in [2.75, 3.05) is 50.7 Å². The van der Waals surface area contributed by atoms with Crippen LogP contribution in [0.4, 0.5) is 5.95 Å². The molecule has 0 radical (unpaired) electrons. The Hall–Kier alpha value is -3.60. The molecule has 5 aliphatic rings. The predicted octanol–water partition coefficient (Wildman–Crippen LogP) is 3.86. The Bertz CT molecular complexity index is 1680. The van der Waals surface area contributed by atoms with Gasteiger partial charge in [-0.15, -0.1) is 10.2 Å². The monoisotopic (exact) mass is 591 g/mol. The Kier molecular flexibility index (Phi) is 6.22. The number of hydrogen-bond donors (Lipinski definition) is 3. The van der Waals surface area contributed by atoms with Crippen LogP contribution < -0.4 is 10.2 Å². The van der Waals surface area contributed by atoms with Crippen molar-refractivity contribution in [3.05, 3.63) is 59.5 Å². The van der Waals surface area contributed by atoms with Crippen molar-refractivity contribution in [3.8, 4) is 17.0 Å². The first-order chi connectivity index (χ1) is 21.5. The van der Waals surface area contributed by atoms with Crippen LogP contribution in [0.25, 0.3) is 22.3 Å². The van der Waals surface area contributed by atoms with E-state index in [9.17, 15) is 5.11 Å². The molecule has 0 amide bonds. The van der Waals surface area contributed by atoms with Gasteiger partial charge < -0.3 is 20.3 Å². The van der Waals surface area contributed by atoms with E-state index in [1.54, 1.807) is 6.07 Å². The molecule has 1 atom stereocenters. The van der Waals surface area contributed by atoms with E-state index in [4.69, 9.17) is 9.97 Å². The van der Waals surface area contributed by atoms with E-state index < -0.39 is 0 Å². The van der Waals surface area contributed by atoms with E-state index in [2.05, 4.69) is 54.5 Å². The summed E-state index contributed by atoms with van der Waals surface area (Å²) in [7, 11) is 0. The average molecular weight is 592 g/mol. The number of nitrogens with one attached hydrogen (secondary N) is 2. The summed E-state index contributed by atoms with van der Waals surface area (Å²) < 4.78 is 0. The number of hydrogen-bond acceptors (Lipinski definition) is 9. The maximum atomic E-state index is 10.4. The average Bonchev–Trinajstić information content (AvgIpc) is 3.36. The molecule has 3 N–H and O–H groups in total. The molecule has 10 nitrogen and oxygen atoms in total. The van der Waals surface area contributed by atoms with Crippen molar-refractivity contribution >= 4 is 17.0 Å². The number of H-pyrrole nitrogens is 1. The van der Waals surface area contributed by atoms with E-state index in [0.717, 1.165) is 42.0 Å². The number of anilines is 1. The van der Waals surface area contributed by atoms with Crippen molar-refractivity contribution in [1.29, 1.82) is 0 Å². The third-order valence-corrected chi connectivity index (χ3v) is 11.5. The fraction of sp³-hybridized carbons (Fsp3) is 0.529. The minimum Gasteiger partial charge on any atom is -0.507 e. The summed E-state index contributed by atoms with van der Waals surface area (Å²) in [4.78, 5) is 21.1. The number of aromatic hydroxyl groups is 1. The first kappa shape index (κ1) is 26.8. The second kappa shape index (κ2) is 10.2. The Morgan fingerprint density at radius 2 is 1.70 bits per heavy atom. The van der Waals surface area contributed by atoms with E-state index in [0.29, 0.717) is 22.6 Å². The summed E-state index contributed by atoms with van der Waals surface area (Å²) >= 11 is 0. The topological polar surface area (TPSA) is 109 Å². The van der Waals surface area contributed by atoms with Gasteiger partial charge in [-0.05, 0) is 80.8 Å². The van der Waals surface area contributed by atoms with Crippen LogP contribution in [0.3, 0.4) is 0 Å². The third-order valence-electron chi connectivity index (χ3n) is 11.5. The highest BCUT2D eigenvalue weighted by atomic mass is 16.3. The molecular formula is C34H41N9O. The number of para-hydroxylation sites is 1. The number of rotatable bonds is 5. The molecule has 1 saturated carbocycles. The van der Waals surface area contributed by atoms with Crippen molar-refractivity contribution in [3.63, 3.8) is 0 Å². The number of benzene rings is 1. The van der Waals surface area contributed by atoms with Crippen molar-refractivity contribution in [2.45, 2.75) is 63.1 Å². The quantitative estimate of drug-likeness (QED) is 0.319. The maximum absolute atomic E-state index is 10.4. The highest BCUT2D eigenvalue weighted by Crippen LogP contribution is 2.48. The SMILES string of the molecule is C[C@@H]1c2c([nH]c3nnc(-c4ccccc4O)cc23)CCN1c1ncc(C2CCN(C3CN(C4CC5(CNC5)C4)C3)CC2)cn1. The van der Waals surface area contributed by atoms with Gasteiger partial charge in [0.25, 0.3) is 0 Å². The smallest absolute Gasteiger partial charge is 0.225 e. The molecule has 10 heteroatoms. The zero-order chi connectivity index (χ0) is 29.4. The van der Waals surface area contributed by atoms with E-state index in [1.165, 1.54) is 81.8 Å². The van der Waals surface area contributed by atoms with Crippen LogP contribution in [0.1, 0.15) is 61.4 Å². The van der Waals surface area contributed by atoms with Crippen LogP contribution in [0.5, 0.6) is 5.75 Å². The number of likely N-dealkylation sites (tertiary alicyclic amines) is 2. The summed E-state index contributed by atoms with van der Waals surface area (Å²) in [5.74, 6) is 1.53. The Balaban J connectivity index is 0.845. The standard InChI is InChI=1S/C34H41N9O/c1-21-31-27-12-29(26-4-2-3-5-30(26)44)39-40-32(27)38-28(31)8-11-43(21)33-36-15-23(16-37-33)22-6-9-41(10-7-22)25-17-42(18-25)24-13-34(14-24)19-35-20-34/h2-5,12,15-16,21-22,24-25,35,44H,6-11,13-14,17-20H2,1H3,(H,38,40)/t21-/m1/s1. The van der Waals surface area contributed by atoms with Gasteiger partial charge in [0.2, 0.25) is 5.95 Å². The second-order valence-electron chi connectivity index (χ2n) is 14.0. The molecule has 1 spiro atoms. The summed E-state index contributed by atoms with van der Waals surface area (Å²) in [5.41, 5.74) is 6.48. The van der Waals surface area contributed by atoms with Crippen LogP contribution in [0.2, 0.25) is 0 Å². The largest absolute Gasteiger partial charge is 0.507 e. The molecule has 3 saturated heterocycles. The molecule has 4 fully saturated rings. The fourth-order valence-electron chi connectivity index (χ4n) is 8.68. The molecule has 1 aromatic carbocycles. The minimum atomic E-state index is 0.0842. The van der Waals surface area contributed by atoms with Gasteiger partial charge in [-0.2, -0.15) is 0 Å². The van der Waals surface area contributed by atoms with Gasteiger partial charge in [0, 0.05) is 85.8 Å². The zero-order valence-corrected chi connectivity index (χ0v) is 25.4. The molecule has 4 aliphatic heterocycles. The minimum absolute atomic E-state index is 0.0842. The molecule has 0 bridgehead atoms. The van der Waals surface area contributed by atoms with Gasteiger partial charge in [-0.1, -0.05) is 12.1 Å². The molecule has 0 unspecified atom stereocenters. The van der Waals surface area contributed by atoms with E-state index in [-0.39, 0.29) is 11.8 Å². The first-order valence-corrected chi connectivity index (χ1v) is 16.5. The molecule has 44 heavy (non-hydrogen) atoms. The van der Waals surface area contributed by atoms with E-state index in [1.807, 2.05) is 24.3 Å². The van der Waals surface area contributed by atoms with Gasteiger partial charge in [0.15, 0.2) is 5.65 Å². The third kappa shape index (κ3) is 4.33. The Morgan fingerprint density at radius 3 is 2.43 bits per heavy atom. The predicted molar refractivity (Wildman–Crippen MR) is 170 cm³/mol. The van der Waals surface area contributed by atoms with Gasteiger partial charge in [0.05, 0.1) is 11.7 Å². The Morgan fingerprint density at radius 1 is 0.932 bits per heavy atom. The molecule has 1 aliphatic carbocycles. The van der Waals surface area contributed by atoms with Crippen molar-refractivity contribution in [1.82, 2.24) is 40.3 Å². The van der Waals surface area contributed by atoms with Gasteiger partial charge >= 0.3 is 0 Å². The fourth-order valence-corrected chi connectivity index (χ4v) is 8.68. The lowest BCUT2D eigenvalue weighted by atomic mass is 9.60. The number of fused-ring (bicyclic) bond motifs is 3. The highest BCUT2D eigenvalue weighted by molar-refractivity contribution is 5.86. The summed E-state index contributed by atoms with van der Waals surface area (Å²) in [5, 5.41) is 23.8. The normalized spacial score (nSPS) is 24.7. The number of aromatic nitrogens is 5. The number of nitrogens with zero attached hydrogens (tertiary/aromatic N) is 7. The van der Waals surface area contributed by atoms with Crippen LogP contribution in [-0.4, -0.2) is 98.0 Å². The molecule has 9 rings (SSSR count). The van der Waals surface area contributed by atoms with Gasteiger partial charge in [-0.25, -0.2) is 9.97 Å². The number of phenolic OH excluding ortho intramolecular Hbond substituents is 1. The molecule has 228 valence electrons.